The molecule has 1 aromatic heterocycles. The lowest BCUT2D eigenvalue weighted by molar-refractivity contribution is -0.121. The molecule has 0 bridgehead atoms. The van der Waals surface area contributed by atoms with E-state index in [0.29, 0.717) is 13.0 Å². The normalized spacial score (nSPS) is 22.8. The number of pyridine rings is 1. The van der Waals surface area contributed by atoms with Gasteiger partial charge in [0.05, 0.1) is 24.7 Å². The molecule has 3 atom stereocenters. The smallest absolute Gasteiger partial charge is 0.274 e. The first kappa shape index (κ1) is 17.4. The fourth-order valence-corrected chi connectivity index (χ4v) is 3.15. The second kappa shape index (κ2) is 7.19. The lowest BCUT2D eigenvalue weighted by Crippen LogP contribution is -2.31. The number of rotatable bonds is 4. The Hall–Kier alpha value is -2.47. The molecule has 6 heteroatoms. The van der Waals surface area contributed by atoms with Crippen LogP contribution in [0.3, 0.4) is 0 Å². The van der Waals surface area contributed by atoms with Gasteiger partial charge >= 0.3 is 0 Å². The van der Waals surface area contributed by atoms with Crippen LogP contribution in [0.5, 0.6) is 0 Å². The van der Waals surface area contributed by atoms with Gasteiger partial charge < -0.3 is 14.6 Å². The predicted molar refractivity (Wildman–Crippen MR) is 92.9 cm³/mol. The molecule has 0 aliphatic carbocycles. The van der Waals surface area contributed by atoms with E-state index >= 15 is 0 Å². The molecule has 1 aliphatic heterocycles. The summed E-state index contributed by atoms with van der Waals surface area (Å²) in [4.78, 5) is 25.0. The van der Waals surface area contributed by atoms with E-state index in [4.69, 9.17) is 4.74 Å². The third kappa shape index (κ3) is 3.96. The van der Waals surface area contributed by atoms with Gasteiger partial charge in [-0.15, -0.1) is 0 Å². The second-order valence-corrected chi connectivity index (χ2v) is 6.46. The Morgan fingerprint density at radius 3 is 2.64 bits per heavy atom. The number of ether oxygens (including phenoxy) is 1. The number of carbonyl (C=O) groups excluding carboxylic acids is 1. The maximum atomic E-state index is 13.0. The monoisotopic (exact) mass is 344 g/mol. The molecule has 3 unspecified atom stereocenters. The summed E-state index contributed by atoms with van der Waals surface area (Å²) in [6, 6.07) is 9.27. The van der Waals surface area contributed by atoms with E-state index < -0.39 is 0 Å². The van der Waals surface area contributed by atoms with Gasteiger partial charge in [0.2, 0.25) is 5.91 Å². The molecule has 1 N–H and O–H groups in total. The molecule has 0 radical (unpaired) electrons. The van der Waals surface area contributed by atoms with Crippen molar-refractivity contribution in [2.75, 3.05) is 5.32 Å². The molecular formula is C19H21FN2O3. The zero-order chi connectivity index (χ0) is 18.0. The number of nitrogens with zero attached hydrogens (tertiary/aromatic N) is 1. The van der Waals surface area contributed by atoms with Crippen LogP contribution in [0, 0.1) is 11.7 Å². The number of anilines is 1. The Morgan fingerprint density at radius 2 is 2.00 bits per heavy atom. The van der Waals surface area contributed by atoms with Crippen LogP contribution in [0.4, 0.5) is 10.1 Å². The van der Waals surface area contributed by atoms with Crippen molar-refractivity contribution in [2.45, 2.75) is 39.0 Å². The zero-order valence-corrected chi connectivity index (χ0v) is 14.2. The number of hydrogen-bond donors (Lipinski definition) is 1. The average molecular weight is 344 g/mol. The number of carbonyl (C=O) groups is 1. The zero-order valence-electron chi connectivity index (χ0n) is 14.2. The molecule has 1 saturated heterocycles. The molecule has 2 aromatic rings. The minimum absolute atomic E-state index is 0.0386. The van der Waals surface area contributed by atoms with E-state index in [0.717, 1.165) is 5.56 Å². The van der Waals surface area contributed by atoms with E-state index in [1.165, 1.54) is 16.7 Å². The Labute approximate surface area is 145 Å². The summed E-state index contributed by atoms with van der Waals surface area (Å²) in [6.07, 6.45) is 2.16. The molecule has 0 saturated carbocycles. The van der Waals surface area contributed by atoms with Gasteiger partial charge in [-0.25, -0.2) is 4.39 Å². The van der Waals surface area contributed by atoms with Gasteiger partial charge in [-0.3, -0.25) is 9.59 Å². The van der Waals surface area contributed by atoms with Crippen LogP contribution in [-0.2, 0) is 16.1 Å². The van der Waals surface area contributed by atoms with Gasteiger partial charge in [-0.1, -0.05) is 12.1 Å². The first-order valence-corrected chi connectivity index (χ1v) is 8.34. The summed E-state index contributed by atoms with van der Waals surface area (Å²) in [6.45, 7) is 4.11. The SMILES string of the molecule is CC1CC(C(=O)Nc2cccn(Cc3ccc(F)cc3)c2=O)C(C)O1. The van der Waals surface area contributed by atoms with Crippen LogP contribution in [0.15, 0.2) is 47.4 Å². The molecule has 3 rings (SSSR count). The lowest BCUT2D eigenvalue weighted by atomic mass is 9.99. The highest BCUT2D eigenvalue weighted by atomic mass is 19.1. The van der Waals surface area contributed by atoms with E-state index in [1.54, 1.807) is 30.5 Å². The van der Waals surface area contributed by atoms with Gasteiger partial charge in [0, 0.05) is 6.20 Å². The molecule has 1 aliphatic rings. The number of halogens is 1. The number of amides is 1. The Kier molecular flexibility index (Phi) is 4.99. The number of aromatic nitrogens is 1. The van der Waals surface area contributed by atoms with E-state index in [-0.39, 0.29) is 41.1 Å². The van der Waals surface area contributed by atoms with Crippen molar-refractivity contribution in [1.29, 1.82) is 0 Å². The van der Waals surface area contributed by atoms with Crippen molar-refractivity contribution in [3.05, 3.63) is 64.3 Å². The first-order chi connectivity index (χ1) is 11.9. The largest absolute Gasteiger partial charge is 0.375 e. The Morgan fingerprint density at radius 1 is 1.28 bits per heavy atom. The molecule has 1 fully saturated rings. The third-order valence-corrected chi connectivity index (χ3v) is 4.48. The van der Waals surface area contributed by atoms with Crippen molar-refractivity contribution in [1.82, 2.24) is 4.57 Å². The van der Waals surface area contributed by atoms with E-state index in [1.807, 2.05) is 13.8 Å². The van der Waals surface area contributed by atoms with E-state index in [2.05, 4.69) is 5.32 Å². The molecule has 0 spiro atoms. The molecule has 5 nitrogen and oxygen atoms in total. The van der Waals surface area contributed by atoms with Gasteiger partial charge in [0.1, 0.15) is 11.5 Å². The topological polar surface area (TPSA) is 60.3 Å². The first-order valence-electron chi connectivity index (χ1n) is 8.34. The van der Waals surface area contributed by atoms with Crippen LogP contribution in [0.25, 0.3) is 0 Å². The van der Waals surface area contributed by atoms with Gasteiger partial charge in [0.25, 0.3) is 5.56 Å². The summed E-state index contributed by atoms with van der Waals surface area (Å²) >= 11 is 0. The fourth-order valence-electron chi connectivity index (χ4n) is 3.15. The van der Waals surface area contributed by atoms with Crippen LogP contribution >= 0.6 is 0 Å². The van der Waals surface area contributed by atoms with Crippen LogP contribution in [0.2, 0.25) is 0 Å². The summed E-state index contributed by atoms with van der Waals surface area (Å²) in [5, 5.41) is 2.73. The van der Waals surface area contributed by atoms with Gasteiger partial charge in [0.15, 0.2) is 0 Å². The summed E-state index contributed by atoms with van der Waals surface area (Å²) in [7, 11) is 0. The van der Waals surface area contributed by atoms with Crippen molar-refractivity contribution >= 4 is 11.6 Å². The third-order valence-electron chi connectivity index (χ3n) is 4.48. The minimum Gasteiger partial charge on any atom is -0.375 e. The predicted octanol–water partition coefficient (Wildman–Crippen LogP) is 2.79. The highest BCUT2D eigenvalue weighted by Gasteiger charge is 2.35. The minimum atomic E-state index is -0.320. The fraction of sp³-hybridized carbons (Fsp3) is 0.368. The highest BCUT2D eigenvalue weighted by molar-refractivity contribution is 5.92. The maximum absolute atomic E-state index is 13.0. The van der Waals surface area contributed by atoms with Crippen molar-refractivity contribution in [3.8, 4) is 0 Å². The maximum Gasteiger partial charge on any atom is 0.274 e. The van der Waals surface area contributed by atoms with Gasteiger partial charge in [-0.05, 0) is 50.1 Å². The molecule has 1 amide bonds. The summed E-state index contributed by atoms with van der Waals surface area (Å²) in [5.41, 5.74) is 0.750. The van der Waals surface area contributed by atoms with Gasteiger partial charge in [-0.2, -0.15) is 0 Å². The highest BCUT2D eigenvalue weighted by Crippen LogP contribution is 2.26. The molecule has 25 heavy (non-hydrogen) atoms. The summed E-state index contributed by atoms with van der Waals surface area (Å²) < 4.78 is 20.1. The molecule has 2 heterocycles. The lowest BCUT2D eigenvalue weighted by Gasteiger charge is -2.14. The number of hydrogen-bond acceptors (Lipinski definition) is 3. The molecule has 1 aromatic carbocycles. The molecule has 132 valence electrons. The van der Waals surface area contributed by atoms with E-state index in [9.17, 15) is 14.0 Å². The quantitative estimate of drug-likeness (QED) is 0.928. The standard InChI is InChI=1S/C19H21FN2O3/c1-12-10-16(13(2)25-12)18(23)21-17-4-3-9-22(19(17)24)11-14-5-7-15(20)8-6-14/h3-9,12-13,16H,10-11H2,1-2H3,(H,21,23). The van der Waals surface area contributed by atoms with Crippen molar-refractivity contribution in [3.63, 3.8) is 0 Å². The Bertz CT molecular complexity index is 816. The Balaban J connectivity index is 1.76. The molecular weight excluding hydrogens is 323 g/mol. The van der Waals surface area contributed by atoms with Crippen LogP contribution in [0.1, 0.15) is 25.8 Å². The summed E-state index contributed by atoms with van der Waals surface area (Å²) in [5.74, 6) is -0.784. The number of benzene rings is 1. The van der Waals surface area contributed by atoms with Crippen LogP contribution < -0.4 is 10.9 Å². The average Bonchev–Trinajstić information content (AvgIpc) is 2.92. The second-order valence-electron chi connectivity index (χ2n) is 6.46. The van der Waals surface area contributed by atoms with Crippen molar-refractivity contribution < 1.29 is 13.9 Å². The number of nitrogens with one attached hydrogen (secondary N) is 1. The van der Waals surface area contributed by atoms with Crippen molar-refractivity contribution in [2.24, 2.45) is 5.92 Å². The van der Waals surface area contributed by atoms with Crippen LogP contribution in [-0.4, -0.2) is 22.7 Å².